The molecule has 1 saturated heterocycles. The Labute approximate surface area is 166 Å². The fourth-order valence-corrected chi connectivity index (χ4v) is 3.29. The normalized spacial score (nSPS) is 13.4. The summed E-state index contributed by atoms with van der Waals surface area (Å²) >= 11 is 0. The predicted octanol–water partition coefficient (Wildman–Crippen LogP) is 4.20. The van der Waals surface area contributed by atoms with Gasteiger partial charge < -0.3 is 14.8 Å². The summed E-state index contributed by atoms with van der Waals surface area (Å²) in [5.74, 6) is 0.789. The van der Waals surface area contributed by atoms with Crippen LogP contribution in [0.5, 0.6) is 5.75 Å². The van der Waals surface area contributed by atoms with Gasteiger partial charge in [0.2, 0.25) is 0 Å². The molecule has 1 aliphatic heterocycles. The van der Waals surface area contributed by atoms with Gasteiger partial charge in [-0.25, -0.2) is 4.79 Å². The number of fused-ring (bicyclic) bond motifs is 1. The van der Waals surface area contributed by atoms with Crippen LogP contribution in [-0.4, -0.2) is 37.3 Å². The number of benzene rings is 3. The van der Waals surface area contributed by atoms with Crippen molar-refractivity contribution in [2.24, 2.45) is 0 Å². The highest BCUT2D eigenvalue weighted by molar-refractivity contribution is 5.94. The molecule has 4 rings (SSSR count). The molecule has 0 bridgehead atoms. The Balaban J connectivity index is 1.46. The molecule has 0 spiro atoms. The van der Waals surface area contributed by atoms with Crippen LogP contribution in [0.4, 0.5) is 21.9 Å². The van der Waals surface area contributed by atoms with Gasteiger partial charge >= 0.3 is 6.09 Å². The smallest absolute Gasteiger partial charge is 0.414 e. The SMILES string of the molecule is O=C1OCCN1c1cc([N+](=O)[O-])ccc1NCCOc1cccc2ccccc12. The summed E-state index contributed by atoms with van der Waals surface area (Å²) in [6, 6.07) is 18.2. The first-order valence-electron chi connectivity index (χ1n) is 9.20. The number of ether oxygens (including phenoxy) is 2. The molecule has 1 aliphatic rings. The van der Waals surface area contributed by atoms with Gasteiger partial charge in [0.15, 0.2) is 0 Å². The molecule has 8 nitrogen and oxygen atoms in total. The maximum Gasteiger partial charge on any atom is 0.414 e. The first-order valence-corrected chi connectivity index (χ1v) is 9.20. The largest absolute Gasteiger partial charge is 0.491 e. The van der Waals surface area contributed by atoms with Crippen molar-refractivity contribution in [1.29, 1.82) is 0 Å². The lowest BCUT2D eigenvalue weighted by Crippen LogP contribution is -2.25. The van der Waals surface area contributed by atoms with Crippen molar-refractivity contribution < 1.29 is 19.2 Å². The van der Waals surface area contributed by atoms with Crippen LogP contribution in [0.2, 0.25) is 0 Å². The Hall–Kier alpha value is -3.81. The summed E-state index contributed by atoms with van der Waals surface area (Å²) in [5.41, 5.74) is 0.945. The summed E-state index contributed by atoms with van der Waals surface area (Å²) in [7, 11) is 0. The maximum absolute atomic E-state index is 11.9. The number of cyclic esters (lactones) is 1. The minimum Gasteiger partial charge on any atom is -0.491 e. The fraction of sp³-hybridized carbons (Fsp3) is 0.190. The van der Waals surface area contributed by atoms with Crippen molar-refractivity contribution >= 4 is 33.9 Å². The zero-order valence-corrected chi connectivity index (χ0v) is 15.5. The van der Waals surface area contributed by atoms with E-state index in [9.17, 15) is 14.9 Å². The number of nitro groups is 1. The number of hydrogen-bond donors (Lipinski definition) is 1. The minimum absolute atomic E-state index is 0.0859. The fourth-order valence-electron chi connectivity index (χ4n) is 3.29. The second-order valence-electron chi connectivity index (χ2n) is 6.48. The Kier molecular flexibility index (Phi) is 5.15. The Morgan fingerprint density at radius 1 is 1.14 bits per heavy atom. The average molecular weight is 393 g/mol. The number of hydrogen-bond acceptors (Lipinski definition) is 6. The van der Waals surface area contributed by atoms with Gasteiger partial charge in [-0.15, -0.1) is 0 Å². The number of non-ortho nitro benzene ring substituents is 1. The van der Waals surface area contributed by atoms with Crippen LogP contribution in [0, 0.1) is 10.1 Å². The molecule has 3 aromatic carbocycles. The highest BCUT2D eigenvalue weighted by atomic mass is 16.6. The van der Waals surface area contributed by atoms with Crippen LogP contribution < -0.4 is 15.0 Å². The van der Waals surface area contributed by atoms with E-state index < -0.39 is 11.0 Å². The number of nitrogens with one attached hydrogen (secondary N) is 1. The minimum atomic E-state index is -0.513. The molecule has 0 radical (unpaired) electrons. The second kappa shape index (κ2) is 8.05. The lowest BCUT2D eigenvalue weighted by atomic mass is 10.1. The zero-order chi connectivity index (χ0) is 20.2. The molecule has 3 aromatic rings. The molecule has 1 amide bonds. The highest BCUT2D eigenvalue weighted by Crippen LogP contribution is 2.32. The van der Waals surface area contributed by atoms with E-state index in [1.807, 2.05) is 42.5 Å². The number of carbonyl (C=O) groups is 1. The summed E-state index contributed by atoms with van der Waals surface area (Å²) in [4.78, 5) is 23.9. The van der Waals surface area contributed by atoms with Crippen LogP contribution >= 0.6 is 0 Å². The van der Waals surface area contributed by atoms with E-state index in [4.69, 9.17) is 9.47 Å². The zero-order valence-electron chi connectivity index (χ0n) is 15.5. The number of rotatable bonds is 7. The lowest BCUT2D eigenvalue weighted by Gasteiger charge is -2.18. The Bertz CT molecular complexity index is 1060. The van der Waals surface area contributed by atoms with Gasteiger partial charge in [0, 0.05) is 24.1 Å². The van der Waals surface area contributed by atoms with E-state index in [-0.39, 0.29) is 12.3 Å². The van der Waals surface area contributed by atoms with Gasteiger partial charge in [0.05, 0.1) is 22.8 Å². The van der Waals surface area contributed by atoms with Gasteiger partial charge in [-0.1, -0.05) is 36.4 Å². The quantitative estimate of drug-likeness (QED) is 0.367. The number of amides is 1. The second-order valence-corrected chi connectivity index (χ2v) is 6.48. The molecule has 0 aromatic heterocycles. The van der Waals surface area contributed by atoms with Crippen LogP contribution in [0.15, 0.2) is 60.7 Å². The molecule has 1 N–H and O–H groups in total. The van der Waals surface area contributed by atoms with E-state index >= 15 is 0 Å². The summed E-state index contributed by atoms with van der Waals surface area (Å²) < 4.78 is 10.9. The van der Waals surface area contributed by atoms with E-state index in [1.54, 1.807) is 6.07 Å². The molecule has 0 atom stereocenters. The maximum atomic E-state index is 11.9. The molecule has 1 heterocycles. The van der Waals surface area contributed by atoms with Crippen LogP contribution in [0.1, 0.15) is 0 Å². The van der Waals surface area contributed by atoms with Gasteiger partial charge in [0.25, 0.3) is 5.69 Å². The summed E-state index contributed by atoms with van der Waals surface area (Å²) in [6.07, 6.45) is -0.513. The van der Waals surface area contributed by atoms with E-state index in [0.717, 1.165) is 16.5 Å². The Morgan fingerprint density at radius 3 is 2.76 bits per heavy atom. The third kappa shape index (κ3) is 3.91. The number of nitrogens with zero attached hydrogens (tertiary/aromatic N) is 2. The monoisotopic (exact) mass is 393 g/mol. The average Bonchev–Trinajstić information content (AvgIpc) is 3.17. The molecular weight excluding hydrogens is 374 g/mol. The van der Waals surface area contributed by atoms with Crippen LogP contribution in [-0.2, 0) is 4.74 Å². The molecule has 0 saturated carbocycles. The summed E-state index contributed by atoms with van der Waals surface area (Å²) in [5, 5.41) is 16.4. The number of anilines is 2. The highest BCUT2D eigenvalue weighted by Gasteiger charge is 2.27. The van der Waals surface area contributed by atoms with Gasteiger partial charge in [0.1, 0.15) is 19.0 Å². The van der Waals surface area contributed by atoms with Crippen molar-refractivity contribution in [2.75, 3.05) is 36.5 Å². The Morgan fingerprint density at radius 2 is 1.97 bits per heavy atom. The standard InChI is InChI=1S/C21H19N3O5/c25-21-23(11-13-29-21)19-14-16(24(26)27)8-9-18(19)22-10-12-28-20-7-3-5-15-4-1-2-6-17(15)20/h1-9,14,22H,10-13H2. The first-order chi connectivity index (χ1) is 14.1. The van der Waals surface area contributed by atoms with E-state index in [2.05, 4.69) is 5.32 Å². The molecule has 1 fully saturated rings. The molecule has 148 valence electrons. The van der Waals surface area contributed by atoms with Gasteiger partial charge in [-0.2, -0.15) is 0 Å². The molecule has 8 heteroatoms. The van der Waals surface area contributed by atoms with Crippen LogP contribution in [0.3, 0.4) is 0 Å². The third-order valence-electron chi connectivity index (χ3n) is 4.67. The third-order valence-corrected chi connectivity index (χ3v) is 4.67. The van der Waals surface area contributed by atoms with Gasteiger partial charge in [-0.3, -0.25) is 15.0 Å². The van der Waals surface area contributed by atoms with Crippen molar-refractivity contribution in [2.45, 2.75) is 0 Å². The topological polar surface area (TPSA) is 93.9 Å². The molecular formula is C21H19N3O5. The first kappa shape index (κ1) is 18.5. The lowest BCUT2D eigenvalue weighted by molar-refractivity contribution is -0.384. The number of nitro benzene ring substituents is 1. The predicted molar refractivity (Wildman–Crippen MR) is 110 cm³/mol. The van der Waals surface area contributed by atoms with Crippen LogP contribution in [0.25, 0.3) is 10.8 Å². The molecule has 0 unspecified atom stereocenters. The van der Waals surface area contributed by atoms with Crippen molar-refractivity contribution in [3.8, 4) is 5.75 Å². The molecule has 29 heavy (non-hydrogen) atoms. The van der Waals surface area contributed by atoms with Crippen molar-refractivity contribution in [3.05, 3.63) is 70.8 Å². The van der Waals surface area contributed by atoms with E-state index in [1.165, 1.54) is 17.0 Å². The molecule has 0 aliphatic carbocycles. The van der Waals surface area contributed by atoms with Crippen molar-refractivity contribution in [3.63, 3.8) is 0 Å². The van der Waals surface area contributed by atoms with Crippen molar-refractivity contribution in [1.82, 2.24) is 0 Å². The van der Waals surface area contributed by atoms with Gasteiger partial charge in [-0.05, 0) is 17.5 Å². The van der Waals surface area contributed by atoms with E-state index in [0.29, 0.717) is 31.1 Å². The summed E-state index contributed by atoms with van der Waals surface area (Å²) in [6.45, 7) is 1.44. The number of carbonyl (C=O) groups excluding carboxylic acids is 1.